The third-order valence-electron chi connectivity index (χ3n) is 5.07. The second-order valence-electron chi connectivity index (χ2n) is 6.53. The number of nitrogens with zero attached hydrogens (tertiary/aromatic N) is 2. The molecule has 3 aromatic carbocycles. The summed E-state index contributed by atoms with van der Waals surface area (Å²) in [5.74, 6) is 2.08. The normalized spacial score (nSPS) is 13.2. The van der Waals surface area contributed by atoms with Crippen LogP contribution in [0.25, 0.3) is 21.7 Å². The van der Waals surface area contributed by atoms with Crippen LogP contribution in [0.5, 0.6) is 5.75 Å². The van der Waals surface area contributed by atoms with E-state index in [9.17, 15) is 0 Å². The van der Waals surface area contributed by atoms with Crippen LogP contribution in [0.4, 0.5) is 11.5 Å². The Balaban J connectivity index is 1.66. The Kier molecular flexibility index (Phi) is 3.42. The molecule has 4 heteroatoms. The lowest BCUT2D eigenvalue weighted by molar-refractivity contribution is -0.643. The summed E-state index contributed by atoms with van der Waals surface area (Å²) < 4.78 is 7.67. The fourth-order valence-corrected chi connectivity index (χ4v) is 3.86. The van der Waals surface area contributed by atoms with E-state index in [-0.39, 0.29) is 0 Å². The van der Waals surface area contributed by atoms with Crippen molar-refractivity contribution < 1.29 is 9.30 Å². The number of anilines is 2. The summed E-state index contributed by atoms with van der Waals surface area (Å²) in [5.41, 5.74) is 5.89. The topological polar surface area (TPSA) is 28.4 Å². The molecule has 0 bridgehead atoms. The Hall–Kier alpha value is -3.27. The zero-order valence-electron chi connectivity index (χ0n) is 14.6. The number of pyridine rings is 1. The highest BCUT2D eigenvalue weighted by atomic mass is 16.5. The number of hydrazine groups is 1. The molecule has 0 saturated heterocycles. The van der Waals surface area contributed by atoms with E-state index in [1.165, 1.54) is 27.5 Å². The molecule has 0 radical (unpaired) electrons. The number of methoxy groups -OCH3 is 1. The van der Waals surface area contributed by atoms with Crippen molar-refractivity contribution in [1.82, 2.24) is 0 Å². The Morgan fingerprint density at radius 1 is 0.846 bits per heavy atom. The summed E-state index contributed by atoms with van der Waals surface area (Å²) in [6, 6.07) is 25.3. The van der Waals surface area contributed by atoms with Gasteiger partial charge in [0, 0.05) is 10.8 Å². The van der Waals surface area contributed by atoms with Crippen molar-refractivity contribution in [3.63, 3.8) is 0 Å². The summed E-state index contributed by atoms with van der Waals surface area (Å²) in [5, 5.41) is 6.11. The second kappa shape index (κ2) is 5.92. The SMILES string of the molecule is COc1ccc(NN2CC[n+]3c2c2ccccc2c2ccccc23)cc1. The van der Waals surface area contributed by atoms with E-state index in [2.05, 4.69) is 63.5 Å². The summed E-state index contributed by atoms with van der Waals surface area (Å²) in [6.07, 6.45) is 0. The van der Waals surface area contributed by atoms with Gasteiger partial charge in [0.2, 0.25) is 0 Å². The average Bonchev–Trinajstić information content (AvgIpc) is 3.13. The van der Waals surface area contributed by atoms with E-state index >= 15 is 0 Å². The standard InChI is InChI=1S/C22H20N3O/c1-26-17-12-10-16(11-13-17)23-25-15-14-24-21-9-5-4-7-19(21)18-6-2-3-8-20(18)22(24)25/h2-13,23H,14-15H2,1H3/q+1. The number of rotatable bonds is 3. The van der Waals surface area contributed by atoms with E-state index in [1.54, 1.807) is 7.11 Å². The molecule has 5 rings (SSSR count). The van der Waals surface area contributed by atoms with Crippen LogP contribution in [0.15, 0.2) is 72.8 Å². The predicted molar refractivity (Wildman–Crippen MR) is 106 cm³/mol. The number of para-hydroxylation sites is 1. The number of hydrogen-bond donors (Lipinski definition) is 1. The molecular formula is C22H20N3O+. The third kappa shape index (κ3) is 2.26. The van der Waals surface area contributed by atoms with Crippen molar-refractivity contribution >= 4 is 33.2 Å². The first kappa shape index (κ1) is 15.0. The van der Waals surface area contributed by atoms with Crippen LogP contribution in [0.3, 0.4) is 0 Å². The van der Waals surface area contributed by atoms with Crippen LogP contribution >= 0.6 is 0 Å². The minimum atomic E-state index is 0.864. The van der Waals surface area contributed by atoms with Gasteiger partial charge in [-0.25, -0.2) is 9.99 Å². The molecule has 0 spiro atoms. The lowest BCUT2D eigenvalue weighted by atomic mass is 10.1. The van der Waals surface area contributed by atoms with Crippen molar-refractivity contribution in [1.29, 1.82) is 0 Å². The van der Waals surface area contributed by atoms with Gasteiger partial charge in [-0.15, -0.1) is 0 Å². The summed E-state index contributed by atoms with van der Waals surface area (Å²) in [7, 11) is 1.69. The van der Waals surface area contributed by atoms with Gasteiger partial charge in [0.15, 0.2) is 0 Å². The zero-order chi connectivity index (χ0) is 17.5. The van der Waals surface area contributed by atoms with Gasteiger partial charge in [0.25, 0.3) is 0 Å². The van der Waals surface area contributed by atoms with Crippen LogP contribution in [-0.2, 0) is 6.54 Å². The highest BCUT2D eigenvalue weighted by Gasteiger charge is 2.32. The summed E-state index contributed by atoms with van der Waals surface area (Å²) in [6.45, 7) is 1.88. The smallest absolute Gasteiger partial charge is 0.308 e. The second-order valence-corrected chi connectivity index (χ2v) is 6.53. The molecule has 26 heavy (non-hydrogen) atoms. The molecule has 1 aliphatic heterocycles. The monoisotopic (exact) mass is 342 g/mol. The summed E-state index contributed by atoms with van der Waals surface area (Å²) in [4.78, 5) is 0. The first-order valence-electron chi connectivity index (χ1n) is 8.87. The molecule has 0 atom stereocenters. The summed E-state index contributed by atoms with van der Waals surface area (Å²) >= 11 is 0. The predicted octanol–water partition coefficient (Wildman–Crippen LogP) is 4.14. The van der Waals surface area contributed by atoms with Gasteiger partial charge in [-0.1, -0.05) is 36.4 Å². The number of ether oxygens (including phenoxy) is 1. The highest BCUT2D eigenvalue weighted by molar-refractivity contribution is 6.08. The first-order valence-corrected chi connectivity index (χ1v) is 8.87. The fraction of sp³-hybridized carbons (Fsp3) is 0.136. The molecule has 0 amide bonds. The van der Waals surface area contributed by atoms with Crippen molar-refractivity contribution in [3.05, 3.63) is 72.8 Å². The first-order chi connectivity index (χ1) is 12.8. The van der Waals surface area contributed by atoms with E-state index in [0.29, 0.717) is 0 Å². The molecule has 0 fully saturated rings. The molecule has 0 saturated carbocycles. The number of nitrogens with one attached hydrogen (secondary N) is 1. The Labute approximate surface area is 152 Å². The van der Waals surface area contributed by atoms with E-state index in [4.69, 9.17) is 4.74 Å². The minimum absolute atomic E-state index is 0.864. The van der Waals surface area contributed by atoms with Gasteiger partial charge in [0.05, 0.1) is 18.2 Å². The Morgan fingerprint density at radius 2 is 1.54 bits per heavy atom. The van der Waals surface area contributed by atoms with Crippen LogP contribution in [0.2, 0.25) is 0 Å². The van der Waals surface area contributed by atoms with E-state index in [0.717, 1.165) is 24.5 Å². The Morgan fingerprint density at radius 3 is 2.31 bits per heavy atom. The van der Waals surface area contributed by atoms with Crippen LogP contribution in [0, 0.1) is 0 Å². The van der Waals surface area contributed by atoms with E-state index < -0.39 is 0 Å². The van der Waals surface area contributed by atoms with E-state index in [1.807, 2.05) is 24.3 Å². The average molecular weight is 342 g/mol. The molecular weight excluding hydrogens is 322 g/mol. The van der Waals surface area contributed by atoms with Crippen molar-refractivity contribution in [3.8, 4) is 5.75 Å². The molecule has 128 valence electrons. The van der Waals surface area contributed by atoms with Gasteiger partial charge in [-0.05, 0) is 36.4 Å². The molecule has 0 aliphatic carbocycles. The van der Waals surface area contributed by atoms with Gasteiger partial charge < -0.3 is 4.74 Å². The fourth-order valence-electron chi connectivity index (χ4n) is 3.86. The maximum atomic E-state index is 5.26. The zero-order valence-corrected chi connectivity index (χ0v) is 14.6. The molecule has 2 heterocycles. The maximum absolute atomic E-state index is 5.26. The molecule has 4 nitrogen and oxygen atoms in total. The van der Waals surface area contributed by atoms with Crippen molar-refractivity contribution in [2.75, 3.05) is 24.1 Å². The van der Waals surface area contributed by atoms with Gasteiger partial charge >= 0.3 is 5.82 Å². The molecule has 1 aliphatic rings. The molecule has 4 aromatic rings. The number of aromatic nitrogens is 1. The molecule has 1 aromatic heterocycles. The van der Waals surface area contributed by atoms with Gasteiger partial charge in [0.1, 0.15) is 24.4 Å². The van der Waals surface area contributed by atoms with Crippen molar-refractivity contribution in [2.45, 2.75) is 6.54 Å². The highest BCUT2D eigenvalue weighted by Crippen LogP contribution is 2.32. The quantitative estimate of drug-likeness (QED) is 0.448. The largest absolute Gasteiger partial charge is 0.497 e. The van der Waals surface area contributed by atoms with Crippen LogP contribution < -0.4 is 19.7 Å². The van der Waals surface area contributed by atoms with Crippen LogP contribution in [0.1, 0.15) is 0 Å². The van der Waals surface area contributed by atoms with Crippen LogP contribution in [-0.4, -0.2) is 13.7 Å². The minimum Gasteiger partial charge on any atom is -0.497 e. The van der Waals surface area contributed by atoms with Gasteiger partial charge in [-0.3, -0.25) is 0 Å². The lowest BCUT2D eigenvalue weighted by Gasteiger charge is -2.15. The lowest BCUT2D eigenvalue weighted by Crippen LogP contribution is -2.33. The Bertz CT molecular complexity index is 1110. The molecule has 1 N–H and O–H groups in total. The van der Waals surface area contributed by atoms with Crippen molar-refractivity contribution in [2.24, 2.45) is 0 Å². The number of fused-ring (bicyclic) bond motifs is 6. The number of benzene rings is 3. The van der Waals surface area contributed by atoms with Gasteiger partial charge in [-0.2, -0.15) is 5.01 Å². The maximum Gasteiger partial charge on any atom is 0.308 e. The number of hydrogen-bond acceptors (Lipinski definition) is 3. The molecule has 0 unspecified atom stereocenters. The third-order valence-corrected chi connectivity index (χ3v) is 5.07.